The molecule has 0 spiro atoms. The molecule has 0 aromatic carbocycles. The molecule has 1 aromatic rings. The lowest BCUT2D eigenvalue weighted by Gasteiger charge is -2.29. The standard InChI is InChI=1S/C15H24N2O3S/c1-11(13-16-7-9-21-13)19-10-12-6-5-8-17(12)14(18)20-15(2,3)4/h7,9,11-12H,5-6,8,10H2,1-4H3/t11-,12+/m0/s1. The molecular formula is C15H24N2O3S. The first-order chi connectivity index (χ1) is 9.87. The SMILES string of the molecule is C[C@H](OC[C@H]1CCCN1C(=O)OC(C)(C)C)c1nccs1. The summed E-state index contributed by atoms with van der Waals surface area (Å²) in [5, 5.41) is 2.91. The number of rotatable bonds is 4. The van der Waals surface area contributed by atoms with Crippen molar-refractivity contribution in [3.63, 3.8) is 0 Å². The fraction of sp³-hybridized carbons (Fsp3) is 0.733. The van der Waals surface area contributed by atoms with Gasteiger partial charge in [0.25, 0.3) is 0 Å². The highest BCUT2D eigenvalue weighted by Gasteiger charge is 2.32. The summed E-state index contributed by atoms with van der Waals surface area (Å²) in [6, 6.07) is 0.0993. The Hall–Kier alpha value is -1.14. The van der Waals surface area contributed by atoms with Crippen molar-refractivity contribution in [2.24, 2.45) is 0 Å². The molecule has 2 heterocycles. The van der Waals surface area contributed by atoms with Crippen molar-refractivity contribution < 1.29 is 14.3 Å². The van der Waals surface area contributed by atoms with Crippen LogP contribution in [0.15, 0.2) is 11.6 Å². The number of hydrogen-bond donors (Lipinski definition) is 0. The van der Waals surface area contributed by atoms with Crippen LogP contribution < -0.4 is 0 Å². The Kier molecular flexibility index (Phi) is 5.22. The number of hydrogen-bond acceptors (Lipinski definition) is 5. The minimum absolute atomic E-state index is 0.0360. The number of thiazole rings is 1. The van der Waals surface area contributed by atoms with Gasteiger partial charge < -0.3 is 14.4 Å². The van der Waals surface area contributed by atoms with Crippen LogP contribution in [0.5, 0.6) is 0 Å². The molecule has 1 amide bonds. The summed E-state index contributed by atoms with van der Waals surface area (Å²) in [5.41, 5.74) is -0.459. The van der Waals surface area contributed by atoms with Crippen LogP contribution in [-0.2, 0) is 9.47 Å². The molecule has 2 rings (SSSR count). The minimum Gasteiger partial charge on any atom is -0.444 e. The third-order valence-electron chi connectivity index (χ3n) is 3.34. The highest BCUT2D eigenvalue weighted by molar-refractivity contribution is 7.09. The predicted octanol–water partition coefficient (Wildman–Crippen LogP) is 3.62. The Morgan fingerprint density at radius 1 is 1.57 bits per heavy atom. The molecule has 0 bridgehead atoms. The van der Waals surface area contributed by atoms with Crippen molar-refractivity contribution in [2.75, 3.05) is 13.2 Å². The largest absolute Gasteiger partial charge is 0.444 e. The van der Waals surface area contributed by atoms with Gasteiger partial charge in [0, 0.05) is 18.1 Å². The Bertz CT molecular complexity index is 456. The van der Waals surface area contributed by atoms with E-state index >= 15 is 0 Å². The average molecular weight is 312 g/mol. The summed E-state index contributed by atoms with van der Waals surface area (Å²) in [6.45, 7) is 8.92. The molecule has 0 aliphatic carbocycles. The maximum atomic E-state index is 12.2. The van der Waals surface area contributed by atoms with Crippen LogP contribution in [0.1, 0.15) is 51.6 Å². The first-order valence-electron chi connectivity index (χ1n) is 7.37. The smallest absolute Gasteiger partial charge is 0.410 e. The second-order valence-electron chi connectivity index (χ2n) is 6.32. The van der Waals surface area contributed by atoms with Gasteiger partial charge in [-0.15, -0.1) is 11.3 Å². The summed E-state index contributed by atoms with van der Waals surface area (Å²) < 4.78 is 11.3. The topological polar surface area (TPSA) is 51.7 Å². The van der Waals surface area contributed by atoms with Crippen LogP contribution in [0.25, 0.3) is 0 Å². The number of ether oxygens (including phenoxy) is 2. The van der Waals surface area contributed by atoms with Crippen molar-refractivity contribution in [2.45, 2.75) is 58.3 Å². The third-order valence-corrected chi connectivity index (χ3v) is 4.28. The van der Waals surface area contributed by atoms with Crippen molar-refractivity contribution >= 4 is 17.4 Å². The Balaban J connectivity index is 1.86. The second kappa shape index (κ2) is 6.75. The van der Waals surface area contributed by atoms with Crippen LogP contribution in [0.2, 0.25) is 0 Å². The van der Waals surface area contributed by atoms with Gasteiger partial charge in [-0.2, -0.15) is 0 Å². The molecule has 0 unspecified atom stereocenters. The lowest BCUT2D eigenvalue weighted by molar-refractivity contribution is -0.00176. The highest BCUT2D eigenvalue weighted by atomic mass is 32.1. The fourth-order valence-corrected chi connectivity index (χ4v) is 2.97. The average Bonchev–Trinajstić information content (AvgIpc) is 3.04. The monoisotopic (exact) mass is 312 g/mol. The van der Waals surface area contributed by atoms with Gasteiger partial charge in [0.1, 0.15) is 16.7 Å². The molecule has 0 radical (unpaired) electrons. The lowest BCUT2D eigenvalue weighted by Crippen LogP contribution is -2.41. The number of amides is 1. The molecule has 1 aliphatic rings. The van der Waals surface area contributed by atoms with Crippen LogP contribution in [0.3, 0.4) is 0 Å². The first kappa shape index (κ1) is 16.2. The van der Waals surface area contributed by atoms with E-state index in [0.717, 1.165) is 24.4 Å². The molecule has 2 atom stereocenters. The van der Waals surface area contributed by atoms with Gasteiger partial charge >= 0.3 is 6.09 Å². The quantitative estimate of drug-likeness (QED) is 0.852. The Labute approximate surface area is 130 Å². The normalized spacial score (nSPS) is 20.6. The van der Waals surface area contributed by atoms with Crippen LogP contribution in [0.4, 0.5) is 4.79 Å². The Morgan fingerprint density at radius 2 is 2.33 bits per heavy atom. The van der Waals surface area contributed by atoms with Gasteiger partial charge in [0.05, 0.1) is 12.6 Å². The van der Waals surface area contributed by atoms with E-state index < -0.39 is 5.60 Å². The second-order valence-corrected chi connectivity index (χ2v) is 7.24. The van der Waals surface area contributed by atoms with E-state index in [4.69, 9.17) is 9.47 Å². The van der Waals surface area contributed by atoms with E-state index in [0.29, 0.717) is 6.61 Å². The zero-order valence-corrected chi connectivity index (χ0v) is 14.0. The van der Waals surface area contributed by atoms with Crippen LogP contribution >= 0.6 is 11.3 Å². The van der Waals surface area contributed by atoms with E-state index in [1.54, 1.807) is 22.4 Å². The summed E-state index contributed by atoms with van der Waals surface area (Å²) in [7, 11) is 0. The number of carbonyl (C=O) groups excluding carboxylic acids is 1. The molecular weight excluding hydrogens is 288 g/mol. The van der Waals surface area contributed by atoms with Crippen LogP contribution in [0, 0.1) is 0 Å². The molecule has 5 nitrogen and oxygen atoms in total. The summed E-state index contributed by atoms with van der Waals surface area (Å²) in [6.07, 6.45) is 3.46. The molecule has 0 N–H and O–H groups in total. The van der Waals surface area contributed by atoms with E-state index in [2.05, 4.69) is 4.98 Å². The third kappa shape index (κ3) is 4.68. The van der Waals surface area contributed by atoms with Crippen molar-refractivity contribution in [3.05, 3.63) is 16.6 Å². The number of carbonyl (C=O) groups is 1. The summed E-state index contributed by atoms with van der Waals surface area (Å²) in [5.74, 6) is 0. The maximum Gasteiger partial charge on any atom is 0.410 e. The highest BCUT2D eigenvalue weighted by Crippen LogP contribution is 2.24. The van der Waals surface area contributed by atoms with Gasteiger partial charge in [-0.1, -0.05) is 0 Å². The predicted molar refractivity (Wildman–Crippen MR) is 82.4 cm³/mol. The van der Waals surface area contributed by atoms with Crippen molar-refractivity contribution in [1.82, 2.24) is 9.88 Å². The molecule has 1 aliphatic heterocycles. The van der Waals surface area contributed by atoms with E-state index in [1.807, 2.05) is 33.1 Å². The zero-order chi connectivity index (χ0) is 15.5. The van der Waals surface area contributed by atoms with E-state index in [-0.39, 0.29) is 18.2 Å². The molecule has 1 fully saturated rings. The molecule has 118 valence electrons. The zero-order valence-electron chi connectivity index (χ0n) is 13.2. The Morgan fingerprint density at radius 3 is 2.95 bits per heavy atom. The lowest BCUT2D eigenvalue weighted by atomic mass is 10.2. The fourth-order valence-electron chi connectivity index (χ4n) is 2.33. The number of aromatic nitrogens is 1. The van der Waals surface area contributed by atoms with Crippen LogP contribution in [-0.4, -0.2) is 40.8 Å². The molecule has 1 aromatic heterocycles. The molecule has 0 saturated carbocycles. The summed E-state index contributed by atoms with van der Waals surface area (Å²) in [4.78, 5) is 18.2. The molecule has 1 saturated heterocycles. The molecule has 21 heavy (non-hydrogen) atoms. The molecule has 6 heteroatoms. The van der Waals surface area contributed by atoms with E-state index in [9.17, 15) is 4.79 Å². The number of likely N-dealkylation sites (tertiary alicyclic amines) is 1. The number of nitrogens with zero attached hydrogens (tertiary/aromatic N) is 2. The van der Waals surface area contributed by atoms with Gasteiger partial charge in [0.15, 0.2) is 0 Å². The van der Waals surface area contributed by atoms with Crippen molar-refractivity contribution in [1.29, 1.82) is 0 Å². The maximum absolute atomic E-state index is 12.2. The van der Waals surface area contributed by atoms with E-state index in [1.165, 1.54) is 0 Å². The van der Waals surface area contributed by atoms with Gasteiger partial charge in [-0.05, 0) is 40.5 Å². The van der Waals surface area contributed by atoms with Crippen molar-refractivity contribution in [3.8, 4) is 0 Å². The van der Waals surface area contributed by atoms with Gasteiger partial charge in [-0.25, -0.2) is 9.78 Å². The summed E-state index contributed by atoms with van der Waals surface area (Å²) >= 11 is 1.59. The first-order valence-corrected chi connectivity index (χ1v) is 8.25. The minimum atomic E-state index is -0.459. The van der Waals surface area contributed by atoms with Gasteiger partial charge in [-0.3, -0.25) is 0 Å². The van der Waals surface area contributed by atoms with Gasteiger partial charge in [0.2, 0.25) is 0 Å².